The number of carbonyl (C=O) groups is 4. The van der Waals surface area contributed by atoms with Crippen LogP contribution in [-0.2, 0) is 44.5 Å². The quantitative estimate of drug-likeness (QED) is 0.0451. The number of aryl methyl sites for hydroxylation is 2. The molecule has 2 aromatic heterocycles. The summed E-state index contributed by atoms with van der Waals surface area (Å²) in [6, 6.07) is 82.0. The molecular formula is C88H77BBrCl2F4N8O8P2Pd+. The summed E-state index contributed by atoms with van der Waals surface area (Å²) in [5, 5.41) is 20.9. The first-order chi connectivity index (χ1) is 55.0. The molecule has 10 aromatic carbocycles. The number of rotatable bonds is 14. The molecule has 1 saturated heterocycles. The third-order valence-corrected chi connectivity index (χ3v) is 23.4. The van der Waals surface area contributed by atoms with E-state index in [1.807, 2.05) is 58.9 Å². The number of benzene rings is 10. The van der Waals surface area contributed by atoms with Crippen LogP contribution >= 0.6 is 50.8 Å². The number of halogens is 7. The first kappa shape index (κ1) is 87.1. The predicted molar refractivity (Wildman–Crippen MR) is 453 cm³/mol. The standard InChI is InChI=1S/C23H18F2N4O3.C18H23BNO4.2C18H15P.C11H6BrF2N3O.2ClH.Pd/c1-12-7-8-13(20-21(30)23(2,3)32-29-20)9-14(12)17-10-27-18(11-26-17)28-22(31)19-15(24)5-4-6-16(19)25;1-11-8-9-12(14-15(21)16(2,3)24-20-14)10-13(11)19-22-17(4,5)18(6,7)23-19;2*1-4-10-16(11-5-1)19(17-12-6-2-7-13-17)18-14-8-3-9-15-18;12-8-4-16-9(5-15-8)17-11(18)10-6(13)2-1-3-7(10)14;;;/h4-11H,1-3H3,(H,27,28,31);8-10H,4H2,1-3,5-7H3;2*1-15H;1-5H,(H,16,17,18);2*1H;/q;+1;;;;;;+2/p-2. The molecule has 2 amide bonds. The monoisotopic (exact) mass is 1780 g/mol. The number of amides is 2. The van der Waals surface area contributed by atoms with E-state index < -0.39 is 91.6 Å². The van der Waals surface area contributed by atoms with E-state index in [9.17, 15) is 36.7 Å². The van der Waals surface area contributed by atoms with Gasteiger partial charge in [-0.05, 0) is 160 Å². The fraction of sp³-hybridized carbons (Fsp3) is 0.148. The number of oxime groups is 2. The SMILES string of the molecule is Cc1ccc(C2=NOC(C)(C)C2=O)cc1-c1cnc(NC(=O)c2c(F)cccc2F)cn1.O=C(Nc1cnc(Br)cn1)c1c(F)cccc1F.[CH2+]C1(C)OB(c2cc(C3=NOC(C)(C)C3=O)ccc2C)OC1(C)C.[Cl][Pd][Cl].c1ccc(P(c2ccccc2)c2ccccc2)cc1.c1ccc(P(c2ccccc2)c2ccccc2)cc1. The molecule has 588 valence electrons. The van der Waals surface area contributed by atoms with Gasteiger partial charge in [0.2, 0.25) is 17.2 Å². The van der Waals surface area contributed by atoms with Gasteiger partial charge in [-0.3, -0.25) is 24.2 Å². The first-order valence-corrected chi connectivity index (χ1v) is 43.1. The minimum Gasteiger partial charge on any atom is -0.0622 e. The van der Waals surface area contributed by atoms with Gasteiger partial charge >= 0.3 is 42.1 Å². The molecule has 1 atom stereocenters. The van der Waals surface area contributed by atoms with Crippen molar-refractivity contribution >= 4 is 142 Å². The molecule has 0 aliphatic carbocycles. The van der Waals surface area contributed by atoms with E-state index in [0.29, 0.717) is 32.7 Å². The minimum atomic E-state index is -1.02. The maximum atomic E-state index is 13.8. The summed E-state index contributed by atoms with van der Waals surface area (Å²) in [6.07, 6.45) is 5.31. The number of ketones is 2. The van der Waals surface area contributed by atoms with E-state index >= 15 is 0 Å². The van der Waals surface area contributed by atoms with Crippen molar-refractivity contribution in [1.29, 1.82) is 0 Å². The van der Waals surface area contributed by atoms with Crippen molar-refractivity contribution in [2.75, 3.05) is 10.6 Å². The van der Waals surface area contributed by atoms with Crippen molar-refractivity contribution in [3.05, 3.63) is 348 Å². The Morgan fingerprint density at radius 2 is 0.791 bits per heavy atom. The number of aromatic nitrogens is 4. The zero-order valence-electron chi connectivity index (χ0n) is 63.6. The fourth-order valence-corrected chi connectivity index (χ4v) is 16.3. The molecule has 16 nitrogen and oxygen atoms in total. The smallest absolute Gasteiger partial charge is 0.0134 e. The van der Waals surface area contributed by atoms with Crippen LogP contribution in [0.25, 0.3) is 11.3 Å². The molecule has 0 radical (unpaired) electrons. The first-order valence-electron chi connectivity index (χ1n) is 35.6. The third-order valence-electron chi connectivity index (χ3n) is 18.1. The molecule has 12 aromatic rings. The zero-order chi connectivity index (χ0) is 82.6. The van der Waals surface area contributed by atoms with Gasteiger partial charge in [0.25, 0.3) is 11.8 Å². The molecule has 1 unspecified atom stereocenters. The Labute approximate surface area is 692 Å². The average Bonchev–Trinajstić information content (AvgIpc) is 1.58. The number of hydrogen-bond donors (Lipinski definition) is 2. The van der Waals surface area contributed by atoms with E-state index in [0.717, 1.165) is 40.9 Å². The van der Waals surface area contributed by atoms with Gasteiger partial charge in [-0.15, -0.1) is 0 Å². The zero-order valence-corrected chi connectivity index (χ0v) is 70.1. The van der Waals surface area contributed by atoms with Crippen molar-refractivity contribution in [2.45, 2.75) is 84.7 Å². The molecule has 2 N–H and O–H groups in total. The minimum absolute atomic E-state index is 0.0284. The Balaban J connectivity index is 0.000000153. The van der Waals surface area contributed by atoms with Gasteiger partial charge in [-0.2, -0.15) is 0 Å². The Kier molecular flexibility index (Phi) is 30.2. The Bertz CT molecular complexity index is 5060. The van der Waals surface area contributed by atoms with Gasteiger partial charge < -0.3 is 29.6 Å². The summed E-state index contributed by atoms with van der Waals surface area (Å²) in [6.45, 7) is 20.5. The van der Waals surface area contributed by atoms with E-state index in [4.69, 9.17) is 38.0 Å². The molecule has 5 heterocycles. The van der Waals surface area contributed by atoms with Gasteiger partial charge in [0.05, 0.1) is 37.4 Å². The maximum Gasteiger partial charge on any atom is -0.0134 e. The molecule has 1 fully saturated rings. The number of anilines is 2. The second kappa shape index (κ2) is 39.9. The molecule has 115 heavy (non-hydrogen) atoms. The second-order valence-electron chi connectivity index (χ2n) is 27.5. The summed E-state index contributed by atoms with van der Waals surface area (Å²) in [5.74, 6) is -5.93. The van der Waals surface area contributed by atoms with E-state index in [1.54, 1.807) is 39.8 Å². The summed E-state index contributed by atoms with van der Waals surface area (Å²) in [7, 11) is 8.20. The van der Waals surface area contributed by atoms with Crippen LogP contribution in [0.3, 0.4) is 0 Å². The van der Waals surface area contributed by atoms with E-state index in [-0.39, 0.29) is 44.9 Å². The van der Waals surface area contributed by atoms with Crippen molar-refractivity contribution in [1.82, 2.24) is 19.9 Å². The fourth-order valence-electron chi connectivity index (χ4n) is 11.5. The molecule has 3 aliphatic heterocycles. The summed E-state index contributed by atoms with van der Waals surface area (Å²) >= 11 is 2.97. The largest absolute Gasteiger partial charge is 0.0622 e. The van der Waals surface area contributed by atoms with Crippen molar-refractivity contribution < 1.29 is 71.7 Å². The topological polar surface area (TPSA) is 206 Å². The van der Waals surface area contributed by atoms with Gasteiger partial charge in [0, 0.05) is 23.6 Å². The Hall–Kier alpha value is -10.3. The third kappa shape index (κ3) is 22.4. The molecule has 0 spiro atoms. The molecule has 27 heteroatoms. The van der Waals surface area contributed by atoms with Gasteiger partial charge in [-0.1, -0.05) is 240 Å². The van der Waals surface area contributed by atoms with Crippen LogP contribution in [0.2, 0.25) is 0 Å². The average molecular weight is 1780 g/mol. The van der Waals surface area contributed by atoms with Crippen LogP contribution in [-0.4, -0.2) is 84.3 Å². The van der Waals surface area contributed by atoms with Gasteiger partial charge in [0.15, 0.2) is 34.3 Å². The summed E-state index contributed by atoms with van der Waals surface area (Å²) in [4.78, 5) is 75.3. The van der Waals surface area contributed by atoms with Crippen LogP contribution in [0.5, 0.6) is 0 Å². The van der Waals surface area contributed by atoms with Gasteiger partial charge in [0.1, 0.15) is 44.6 Å². The van der Waals surface area contributed by atoms with E-state index in [2.05, 4.69) is 246 Å². The maximum absolute atomic E-state index is 13.8. The van der Waals surface area contributed by atoms with E-state index in [1.165, 1.54) is 68.7 Å². The van der Waals surface area contributed by atoms with Crippen molar-refractivity contribution in [3.63, 3.8) is 0 Å². The number of Topliss-reactive ketones (excluding diaryl/α,β-unsaturated/α-hetero) is 2. The molecule has 0 bridgehead atoms. The van der Waals surface area contributed by atoms with Crippen LogP contribution in [0, 0.1) is 44.0 Å². The Morgan fingerprint density at radius 1 is 0.452 bits per heavy atom. The molecule has 0 saturated carbocycles. The van der Waals surface area contributed by atoms with Crippen LogP contribution in [0.1, 0.15) is 91.4 Å². The molecular weight excluding hydrogens is 1700 g/mol. The summed E-state index contributed by atoms with van der Waals surface area (Å²) < 4.78 is 66.8. The van der Waals surface area contributed by atoms with Crippen molar-refractivity contribution in [3.8, 4) is 11.3 Å². The number of hydrogen-bond acceptors (Lipinski definition) is 14. The second-order valence-corrected chi connectivity index (χ2v) is 35.1. The molecule has 3 aliphatic rings. The number of carbonyl (C=O) groups excluding carboxylic acids is 4. The number of nitrogens with one attached hydrogen (secondary N) is 2. The van der Waals surface area contributed by atoms with Crippen LogP contribution in [0.4, 0.5) is 29.2 Å². The Morgan fingerprint density at radius 3 is 1.10 bits per heavy atom. The van der Waals surface area contributed by atoms with Crippen molar-refractivity contribution in [2.24, 2.45) is 10.3 Å². The van der Waals surface area contributed by atoms with Crippen LogP contribution in [0.15, 0.2) is 294 Å². The van der Waals surface area contributed by atoms with Gasteiger partial charge in [-0.25, -0.2) is 32.5 Å². The normalized spacial score (nSPS) is 15.2. The molecule has 15 rings (SSSR count). The predicted octanol–water partition coefficient (Wildman–Crippen LogP) is 17.3. The number of nitrogens with zero attached hydrogens (tertiary/aromatic N) is 6. The summed E-state index contributed by atoms with van der Waals surface area (Å²) in [5.41, 5.74) is 1.30. The van der Waals surface area contributed by atoms with Crippen LogP contribution < -0.4 is 47.9 Å².